The molecule has 187 valence electrons. The van der Waals surface area contributed by atoms with Gasteiger partial charge in [0.15, 0.2) is 0 Å². The summed E-state index contributed by atoms with van der Waals surface area (Å²) in [4.78, 5) is 2.64. The number of hydrogen-bond donors (Lipinski definition) is 0. The fourth-order valence-corrected chi connectivity index (χ4v) is 7.40. The second-order valence-electron chi connectivity index (χ2n) is 11.4. The fourth-order valence-electron chi connectivity index (χ4n) is 7.40. The standard InChI is InChI=1S/C37H31BN/c1-2-6-25(7-3-1)30-14-18-34-36(23-30)39(35-19-15-31-24-38-21-20-33(31)37(34)35)32-16-12-27(13-17-32)29-11-10-26-8-4-5-9-28(26)22-29/h1-18,20-23,26,28,33,35,37H,19,24H2. The Morgan fingerprint density at radius 2 is 1.56 bits per heavy atom. The predicted octanol–water partition coefficient (Wildman–Crippen LogP) is 8.87. The predicted molar refractivity (Wildman–Crippen MR) is 165 cm³/mol. The lowest BCUT2D eigenvalue weighted by Crippen LogP contribution is -2.36. The normalized spacial score (nSPS) is 27.6. The number of benzene rings is 3. The summed E-state index contributed by atoms with van der Waals surface area (Å²) in [5.41, 5.74) is 10.9. The third-order valence-corrected chi connectivity index (χ3v) is 9.32. The van der Waals surface area contributed by atoms with Crippen molar-refractivity contribution in [2.45, 2.75) is 24.7 Å². The summed E-state index contributed by atoms with van der Waals surface area (Å²) in [6.07, 6.45) is 23.2. The molecule has 0 saturated carbocycles. The van der Waals surface area contributed by atoms with Crippen molar-refractivity contribution in [1.82, 2.24) is 0 Å². The Hall–Kier alpha value is -4.04. The maximum absolute atomic E-state index is 2.64. The molecule has 2 heterocycles. The minimum Gasteiger partial charge on any atom is -0.337 e. The van der Waals surface area contributed by atoms with E-state index in [1.807, 2.05) is 0 Å². The SMILES string of the molecule is [B]1C=CC2C(=CCC3C2c2ccc(-c4ccccc4)cc2N3c2ccc(C3=CC4C=CC=CC4C=C3)cc2)C1. The molecule has 2 heteroatoms. The first-order chi connectivity index (χ1) is 19.3. The van der Waals surface area contributed by atoms with E-state index in [0.717, 1.165) is 12.7 Å². The lowest BCUT2D eigenvalue weighted by molar-refractivity contribution is 0.460. The summed E-state index contributed by atoms with van der Waals surface area (Å²) in [5.74, 6) is 4.21. The van der Waals surface area contributed by atoms with Crippen LogP contribution in [0.25, 0.3) is 16.7 Å². The lowest BCUT2D eigenvalue weighted by atomic mass is 9.59. The van der Waals surface area contributed by atoms with Gasteiger partial charge in [-0.2, -0.15) is 0 Å². The molecule has 3 aromatic carbocycles. The summed E-state index contributed by atoms with van der Waals surface area (Å²) in [6.45, 7) is 0. The van der Waals surface area contributed by atoms with Crippen LogP contribution < -0.4 is 4.90 Å². The van der Waals surface area contributed by atoms with Crippen LogP contribution in [0.5, 0.6) is 0 Å². The van der Waals surface area contributed by atoms with Crippen LogP contribution in [0.2, 0.25) is 6.32 Å². The second kappa shape index (κ2) is 9.31. The molecule has 1 radical (unpaired) electrons. The van der Waals surface area contributed by atoms with E-state index in [1.165, 1.54) is 39.2 Å². The first-order valence-electron chi connectivity index (χ1n) is 14.4. The molecule has 39 heavy (non-hydrogen) atoms. The molecule has 5 atom stereocenters. The van der Waals surface area contributed by atoms with Crippen LogP contribution in [0.1, 0.15) is 23.5 Å². The molecular weight excluding hydrogens is 469 g/mol. The molecule has 0 bridgehead atoms. The van der Waals surface area contributed by atoms with Gasteiger partial charge in [0.05, 0.1) is 0 Å². The van der Waals surface area contributed by atoms with E-state index in [0.29, 0.717) is 29.7 Å². The van der Waals surface area contributed by atoms with Crippen molar-refractivity contribution < 1.29 is 0 Å². The third kappa shape index (κ3) is 3.85. The van der Waals surface area contributed by atoms with Gasteiger partial charge >= 0.3 is 0 Å². The average Bonchev–Trinajstić information content (AvgIpc) is 3.35. The minimum atomic E-state index is 0.432. The summed E-state index contributed by atoms with van der Waals surface area (Å²) >= 11 is 0. The second-order valence-corrected chi connectivity index (χ2v) is 11.4. The van der Waals surface area contributed by atoms with Crippen LogP contribution in [0.3, 0.4) is 0 Å². The van der Waals surface area contributed by atoms with Crippen molar-refractivity contribution in [2.24, 2.45) is 17.8 Å². The van der Waals surface area contributed by atoms with E-state index >= 15 is 0 Å². The molecule has 1 nitrogen and oxygen atoms in total. The van der Waals surface area contributed by atoms with Gasteiger partial charge in [-0.3, -0.25) is 0 Å². The van der Waals surface area contributed by atoms with Crippen molar-refractivity contribution in [3.8, 4) is 11.1 Å². The van der Waals surface area contributed by atoms with E-state index < -0.39 is 0 Å². The summed E-state index contributed by atoms with van der Waals surface area (Å²) < 4.78 is 0. The first-order valence-corrected chi connectivity index (χ1v) is 14.4. The summed E-state index contributed by atoms with van der Waals surface area (Å²) in [6, 6.07) is 27.7. The van der Waals surface area contributed by atoms with E-state index in [9.17, 15) is 0 Å². The zero-order chi connectivity index (χ0) is 25.8. The van der Waals surface area contributed by atoms with Crippen molar-refractivity contribution >= 4 is 24.2 Å². The molecule has 8 rings (SSSR count). The van der Waals surface area contributed by atoms with Gasteiger partial charge in [-0.25, -0.2) is 0 Å². The third-order valence-electron chi connectivity index (χ3n) is 9.32. The van der Waals surface area contributed by atoms with Crippen molar-refractivity contribution in [3.63, 3.8) is 0 Å². The summed E-state index contributed by atoms with van der Waals surface area (Å²) in [5, 5.41) is 0. The van der Waals surface area contributed by atoms with Gasteiger partial charge in [-0.05, 0) is 52.4 Å². The average molecular weight is 500 g/mol. The maximum atomic E-state index is 2.64. The molecule has 5 unspecified atom stereocenters. The van der Waals surface area contributed by atoms with E-state index in [1.54, 1.807) is 5.57 Å². The number of rotatable bonds is 3. The molecule has 0 spiro atoms. The Bertz CT molecular complexity index is 1600. The van der Waals surface area contributed by atoms with Gasteiger partial charge in [-0.1, -0.05) is 121 Å². The van der Waals surface area contributed by atoms with Gasteiger partial charge in [0.1, 0.15) is 7.28 Å². The largest absolute Gasteiger partial charge is 0.337 e. The highest BCUT2D eigenvalue weighted by Gasteiger charge is 2.45. The first kappa shape index (κ1) is 22.9. The highest BCUT2D eigenvalue weighted by Crippen LogP contribution is 2.55. The van der Waals surface area contributed by atoms with Crippen LogP contribution >= 0.6 is 0 Å². The van der Waals surface area contributed by atoms with Gasteiger partial charge in [-0.15, -0.1) is 5.98 Å². The molecule has 0 amide bonds. The van der Waals surface area contributed by atoms with Crippen LogP contribution in [-0.2, 0) is 0 Å². The van der Waals surface area contributed by atoms with E-state index in [2.05, 4.69) is 146 Å². The van der Waals surface area contributed by atoms with Gasteiger partial charge < -0.3 is 4.90 Å². The number of hydrogen-bond acceptors (Lipinski definition) is 1. The molecule has 3 aliphatic carbocycles. The highest BCUT2D eigenvalue weighted by atomic mass is 15.2. The number of nitrogens with zero attached hydrogens (tertiary/aromatic N) is 1. The minimum absolute atomic E-state index is 0.432. The van der Waals surface area contributed by atoms with E-state index in [-0.39, 0.29) is 0 Å². The van der Waals surface area contributed by atoms with Gasteiger partial charge in [0.2, 0.25) is 0 Å². The molecule has 0 fully saturated rings. The van der Waals surface area contributed by atoms with Crippen LogP contribution in [0.4, 0.5) is 11.4 Å². The molecule has 5 aliphatic rings. The van der Waals surface area contributed by atoms with Crippen LogP contribution in [-0.4, -0.2) is 13.3 Å². The smallest absolute Gasteiger partial charge is 0.145 e. The van der Waals surface area contributed by atoms with Crippen molar-refractivity contribution in [3.05, 3.63) is 150 Å². The zero-order valence-corrected chi connectivity index (χ0v) is 22.0. The van der Waals surface area contributed by atoms with Crippen LogP contribution in [0.15, 0.2) is 139 Å². The van der Waals surface area contributed by atoms with Crippen molar-refractivity contribution in [1.29, 1.82) is 0 Å². The van der Waals surface area contributed by atoms with Gasteiger partial charge in [0, 0.05) is 41.1 Å². The van der Waals surface area contributed by atoms with Gasteiger partial charge in [0.25, 0.3) is 0 Å². The number of anilines is 2. The van der Waals surface area contributed by atoms with Crippen LogP contribution in [0, 0.1) is 17.8 Å². The number of allylic oxidation sites excluding steroid dienone is 10. The molecule has 0 aromatic heterocycles. The number of fused-ring (bicyclic) bond motifs is 6. The monoisotopic (exact) mass is 500 g/mol. The molecule has 0 saturated heterocycles. The quantitative estimate of drug-likeness (QED) is 0.256. The highest BCUT2D eigenvalue weighted by molar-refractivity contribution is 6.43. The van der Waals surface area contributed by atoms with E-state index in [4.69, 9.17) is 0 Å². The Labute approximate surface area is 232 Å². The maximum Gasteiger partial charge on any atom is 0.145 e. The summed E-state index contributed by atoms with van der Waals surface area (Å²) in [7, 11) is 2.31. The van der Waals surface area contributed by atoms with Crippen molar-refractivity contribution in [2.75, 3.05) is 4.90 Å². The topological polar surface area (TPSA) is 3.24 Å². The Morgan fingerprint density at radius 3 is 2.44 bits per heavy atom. The molecular formula is C37H31BN. The zero-order valence-electron chi connectivity index (χ0n) is 22.0. The Morgan fingerprint density at radius 1 is 0.744 bits per heavy atom. The Balaban J connectivity index is 1.19. The fraction of sp³-hybridized carbons (Fsp3) is 0.189. The lowest BCUT2D eigenvalue weighted by Gasteiger charge is -2.38. The molecule has 0 N–H and O–H groups in total. The molecule has 2 aliphatic heterocycles. The molecule has 3 aromatic rings. The Kier molecular flexibility index (Phi) is 5.47.